The fraction of sp³-hybridized carbons (Fsp3) is 0.375. The molecule has 4 N–H and O–H groups in total. The number of nitrogens with zero attached hydrogens (tertiary/aromatic N) is 1. The molecule has 2 heterocycles. The van der Waals surface area contributed by atoms with Gasteiger partial charge in [-0.05, 0) is 92.6 Å². The molecule has 1 unspecified atom stereocenters. The number of benzene rings is 2. The lowest BCUT2D eigenvalue weighted by Gasteiger charge is -2.33. The minimum absolute atomic E-state index is 0.359. The number of amides is 1. The number of nitrogens with two attached hydrogens (primary N) is 1. The van der Waals surface area contributed by atoms with E-state index in [1.807, 2.05) is 30.5 Å². The van der Waals surface area contributed by atoms with E-state index < -0.39 is 0 Å². The second-order valence-electron chi connectivity index (χ2n) is 8.13. The van der Waals surface area contributed by atoms with Crippen LogP contribution in [0.25, 0.3) is 10.9 Å². The lowest BCUT2D eigenvalue weighted by Crippen LogP contribution is -2.35. The van der Waals surface area contributed by atoms with E-state index in [1.165, 1.54) is 24.0 Å². The summed E-state index contributed by atoms with van der Waals surface area (Å²) >= 11 is 0. The summed E-state index contributed by atoms with van der Waals surface area (Å²) in [4.78, 5) is 17.3. The van der Waals surface area contributed by atoms with Crippen molar-refractivity contribution in [2.24, 2.45) is 5.73 Å². The van der Waals surface area contributed by atoms with Crippen molar-refractivity contribution in [3.8, 4) is 5.75 Å². The number of H-pyrrole nitrogens is 1. The zero-order chi connectivity index (χ0) is 20.2. The molecule has 2 aromatic carbocycles. The van der Waals surface area contributed by atoms with Crippen molar-refractivity contribution in [3.63, 3.8) is 0 Å². The second kappa shape index (κ2) is 8.70. The molecule has 1 aliphatic rings. The number of aromatic nitrogens is 1. The van der Waals surface area contributed by atoms with Crippen LogP contribution in [0.2, 0.25) is 0 Å². The van der Waals surface area contributed by atoms with Gasteiger partial charge in [-0.3, -0.25) is 4.79 Å². The summed E-state index contributed by atoms with van der Waals surface area (Å²) < 4.78 is 0. The number of carbonyl (C=O) groups excluding carboxylic acids is 1. The van der Waals surface area contributed by atoms with Crippen LogP contribution in [-0.2, 0) is 6.42 Å². The molecule has 0 radical (unpaired) electrons. The summed E-state index contributed by atoms with van der Waals surface area (Å²) in [6.45, 7) is 3.33. The number of aromatic hydroxyl groups is 1. The number of hydrogen-bond acceptors (Lipinski definition) is 3. The Balaban J connectivity index is 1.30. The Morgan fingerprint density at radius 1 is 1.21 bits per heavy atom. The van der Waals surface area contributed by atoms with Crippen LogP contribution in [0.3, 0.4) is 0 Å². The normalized spacial score (nSPS) is 17.6. The molecular formula is C24H29N3O2. The molecule has 0 saturated carbocycles. The van der Waals surface area contributed by atoms with Gasteiger partial charge >= 0.3 is 0 Å². The Bertz CT molecular complexity index is 995. The van der Waals surface area contributed by atoms with E-state index in [1.54, 1.807) is 12.1 Å². The average Bonchev–Trinajstić information content (AvgIpc) is 3.13. The first-order valence-corrected chi connectivity index (χ1v) is 10.5. The molecule has 1 aliphatic heterocycles. The van der Waals surface area contributed by atoms with Crippen LogP contribution in [-0.4, -0.2) is 40.5 Å². The van der Waals surface area contributed by atoms with Crippen molar-refractivity contribution in [3.05, 3.63) is 65.4 Å². The van der Waals surface area contributed by atoms with Gasteiger partial charge in [0, 0.05) is 29.2 Å². The first-order valence-electron chi connectivity index (χ1n) is 10.5. The minimum Gasteiger partial charge on any atom is -0.508 e. The van der Waals surface area contributed by atoms with Crippen LogP contribution in [0.4, 0.5) is 0 Å². The van der Waals surface area contributed by atoms with Gasteiger partial charge in [-0.1, -0.05) is 12.1 Å². The smallest absolute Gasteiger partial charge is 0.248 e. The Morgan fingerprint density at radius 3 is 2.93 bits per heavy atom. The van der Waals surface area contributed by atoms with E-state index in [0.29, 0.717) is 17.2 Å². The van der Waals surface area contributed by atoms with Crippen LogP contribution >= 0.6 is 0 Å². The minimum atomic E-state index is -0.384. The molecule has 0 bridgehead atoms. The zero-order valence-electron chi connectivity index (χ0n) is 16.7. The number of unbranched alkanes of at least 4 members (excludes halogenated alkanes) is 1. The molecule has 0 aliphatic carbocycles. The average molecular weight is 392 g/mol. The summed E-state index contributed by atoms with van der Waals surface area (Å²) in [6.07, 6.45) is 7.70. The predicted octanol–water partition coefficient (Wildman–Crippen LogP) is 4.17. The Labute approximate surface area is 171 Å². The van der Waals surface area contributed by atoms with Gasteiger partial charge < -0.3 is 20.7 Å². The summed E-state index contributed by atoms with van der Waals surface area (Å²) in [5, 5.41) is 10.9. The third kappa shape index (κ3) is 4.62. The molecule has 5 heteroatoms. The van der Waals surface area contributed by atoms with Crippen molar-refractivity contribution in [1.29, 1.82) is 0 Å². The Morgan fingerprint density at radius 2 is 2.10 bits per heavy atom. The van der Waals surface area contributed by atoms with Crippen LogP contribution in [0.5, 0.6) is 5.75 Å². The number of phenolic OH excluding ortho intramolecular Hbond substituents is 1. The molecule has 1 fully saturated rings. The number of carbonyl (C=O) groups is 1. The number of hydrogen-bond donors (Lipinski definition) is 3. The van der Waals surface area contributed by atoms with E-state index in [4.69, 9.17) is 5.73 Å². The van der Waals surface area contributed by atoms with E-state index in [0.717, 1.165) is 49.8 Å². The van der Waals surface area contributed by atoms with Crippen LogP contribution in [0.1, 0.15) is 53.1 Å². The first-order chi connectivity index (χ1) is 14.1. The number of aromatic amines is 1. The van der Waals surface area contributed by atoms with Gasteiger partial charge in [0.05, 0.1) is 0 Å². The zero-order valence-corrected chi connectivity index (χ0v) is 16.7. The van der Waals surface area contributed by atoms with Crippen LogP contribution < -0.4 is 5.73 Å². The number of aryl methyl sites for hydroxylation is 1. The Hall–Kier alpha value is -2.79. The van der Waals surface area contributed by atoms with E-state index in [-0.39, 0.29) is 5.91 Å². The fourth-order valence-corrected chi connectivity index (χ4v) is 4.50. The van der Waals surface area contributed by atoms with Crippen molar-refractivity contribution in [2.75, 3.05) is 19.6 Å². The largest absolute Gasteiger partial charge is 0.508 e. The molecule has 1 saturated heterocycles. The summed E-state index contributed by atoms with van der Waals surface area (Å²) in [5.74, 6) is 0.486. The Kier molecular flexibility index (Phi) is 5.86. The molecule has 3 aromatic rings. The lowest BCUT2D eigenvalue weighted by molar-refractivity contribution is 0.100. The number of rotatable bonds is 7. The summed E-state index contributed by atoms with van der Waals surface area (Å²) in [5.41, 5.74) is 9.53. The molecule has 152 valence electrons. The monoisotopic (exact) mass is 391 g/mol. The number of fused-ring (bicyclic) bond motifs is 1. The van der Waals surface area contributed by atoms with Gasteiger partial charge in [0.2, 0.25) is 5.91 Å². The van der Waals surface area contributed by atoms with Gasteiger partial charge in [0.15, 0.2) is 0 Å². The summed E-state index contributed by atoms with van der Waals surface area (Å²) in [7, 11) is 0. The van der Waals surface area contributed by atoms with E-state index >= 15 is 0 Å². The fourth-order valence-electron chi connectivity index (χ4n) is 4.50. The highest BCUT2D eigenvalue weighted by molar-refractivity contribution is 5.97. The number of nitrogens with one attached hydrogen (secondary N) is 1. The lowest BCUT2D eigenvalue weighted by atomic mass is 9.90. The van der Waals surface area contributed by atoms with Crippen molar-refractivity contribution in [2.45, 2.75) is 38.0 Å². The molecule has 0 spiro atoms. The molecule has 4 rings (SSSR count). The molecular weight excluding hydrogens is 362 g/mol. The third-order valence-corrected chi connectivity index (χ3v) is 6.07. The highest BCUT2D eigenvalue weighted by Gasteiger charge is 2.21. The third-order valence-electron chi connectivity index (χ3n) is 6.07. The highest BCUT2D eigenvalue weighted by atomic mass is 16.3. The van der Waals surface area contributed by atoms with E-state index in [9.17, 15) is 9.90 Å². The molecule has 5 nitrogen and oxygen atoms in total. The first kappa shape index (κ1) is 19.5. The van der Waals surface area contributed by atoms with Gasteiger partial charge in [-0.15, -0.1) is 0 Å². The van der Waals surface area contributed by atoms with Gasteiger partial charge in [-0.2, -0.15) is 0 Å². The number of piperidine rings is 1. The quantitative estimate of drug-likeness (QED) is 0.529. The van der Waals surface area contributed by atoms with Crippen LogP contribution in [0.15, 0.2) is 48.7 Å². The van der Waals surface area contributed by atoms with Crippen molar-refractivity contribution in [1.82, 2.24) is 9.88 Å². The number of likely N-dealkylation sites (tertiary alicyclic amines) is 1. The van der Waals surface area contributed by atoms with Gasteiger partial charge in [-0.25, -0.2) is 0 Å². The standard InChI is InChI=1S/C24H29N3O2/c25-24(29)18-9-10-23-22(14-18)19(15-26-23)5-1-2-11-27-12-4-7-20(16-27)17-6-3-8-21(28)13-17/h3,6,8-10,13-15,20,26,28H,1-2,4-5,7,11-12,16H2,(H2,25,29). The number of phenols is 1. The maximum absolute atomic E-state index is 11.5. The van der Waals surface area contributed by atoms with Gasteiger partial charge in [0.25, 0.3) is 0 Å². The van der Waals surface area contributed by atoms with Gasteiger partial charge in [0.1, 0.15) is 5.75 Å². The van der Waals surface area contributed by atoms with Crippen molar-refractivity contribution < 1.29 is 9.90 Å². The predicted molar refractivity (Wildman–Crippen MR) is 116 cm³/mol. The van der Waals surface area contributed by atoms with E-state index in [2.05, 4.69) is 16.0 Å². The van der Waals surface area contributed by atoms with Crippen molar-refractivity contribution >= 4 is 16.8 Å². The highest BCUT2D eigenvalue weighted by Crippen LogP contribution is 2.29. The summed E-state index contributed by atoms with van der Waals surface area (Å²) in [6, 6.07) is 13.3. The second-order valence-corrected chi connectivity index (χ2v) is 8.13. The SMILES string of the molecule is NC(=O)c1ccc2[nH]cc(CCCCN3CCCC(c4cccc(O)c4)C3)c2c1. The maximum Gasteiger partial charge on any atom is 0.248 e. The topological polar surface area (TPSA) is 82.4 Å². The molecule has 1 amide bonds. The van der Waals surface area contributed by atoms with Crippen LogP contribution in [0, 0.1) is 0 Å². The molecule has 29 heavy (non-hydrogen) atoms. The number of primary amides is 1. The molecule has 1 atom stereocenters. The molecule has 1 aromatic heterocycles. The maximum atomic E-state index is 11.5.